The Hall–Kier alpha value is -0.0800. The van der Waals surface area contributed by atoms with E-state index >= 15 is 0 Å². The van der Waals surface area contributed by atoms with Crippen LogP contribution in [0.1, 0.15) is 53.9 Å². The topological polar surface area (TPSA) is 15.3 Å². The molecule has 0 heterocycles. The third-order valence-corrected chi connectivity index (χ3v) is 3.70. The first-order valence-corrected chi connectivity index (χ1v) is 6.71. The smallest absolute Gasteiger partial charge is 0.00967 e. The van der Waals surface area contributed by atoms with Crippen LogP contribution in [-0.4, -0.2) is 36.6 Å². The van der Waals surface area contributed by atoms with Gasteiger partial charge < -0.3 is 10.2 Å². The molecule has 0 spiro atoms. The minimum absolute atomic E-state index is 0.231. The molecule has 0 radical (unpaired) electrons. The second-order valence-corrected chi connectivity index (χ2v) is 6.91. The fourth-order valence-corrected chi connectivity index (χ4v) is 2.02. The molecule has 1 atom stereocenters. The van der Waals surface area contributed by atoms with Crippen molar-refractivity contribution in [3.05, 3.63) is 0 Å². The molecule has 0 saturated heterocycles. The van der Waals surface area contributed by atoms with Gasteiger partial charge in [-0.3, -0.25) is 0 Å². The van der Waals surface area contributed by atoms with Crippen LogP contribution in [-0.2, 0) is 0 Å². The van der Waals surface area contributed by atoms with Crippen LogP contribution in [0.3, 0.4) is 0 Å². The number of hydrogen-bond acceptors (Lipinski definition) is 2. The van der Waals surface area contributed by atoms with E-state index in [0.717, 1.165) is 12.6 Å². The minimum atomic E-state index is 0.231. The highest BCUT2D eigenvalue weighted by Gasteiger charge is 2.32. The molecule has 1 fully saturated rings. The van der Waals surface area contributed by atoms with Crippen LogP contribution in [0.2, 0.25) is 0 Å². The summed E-state index contributed by atoms with van der Waals surface area (Å²) in [6, 6.07) is 0.875. The van der Waals surface area contributed by atoms with Crippen LogP contribution >= 0.6 is 0 Å². The van der Waals surface area contributed by atoms with E-state index in [1.807, 2.05) is 0 Å². The van der Waals surface area contributed by atoms with Crippen molar-refractivity contribution in [2.45, 2.75) is 65.5 Å². The molecular formula is C14H30N2. The quantitative estimate of drug-likeness (QED) is 0.749. The molecule has 0 aliphatic heterocycles. The average molecular weight is 226 g/mol. The Morgan fingerprint density at radius 2 is 1.75 bits per heavy atom. The maximum Gasteiger partial charge on any atom is 0.00967 e. The van der Waals surface area contributed by atoms with Gasteiger partial charge in [-0.05, 0) is 52.5 Å². The summed E-state index contributed by atoms with van der Waals surface area (Å²) in [5, 5.41) is 3.65. The number of nitrogens with zero attached hydrogens (tertiary/aromatic N) is 1. The molecule has 1 N–H and O–H groups in total. The first-order chi connectivity index (χ1) is 7.26. The summed E-state index contributed by atoms with van der Waals surface area (Å²) in [5.41, 5.74) is 0.638. The molecular weight excluding hydrogens is 196 g/mol. The van der Waals surface area contributed by atoms with E-state index in [1.165, 1.54) is 25.8 Å². The molecule has 96 valence electrons. The van der Waals surface area contributed by atoms with Crippen LogP contribution in [0.25, 0.3) is 0 Å². The monoisotopic (exact) mass is 226 g/mol. The standard InChI is InChI=1S/C14H30N2/c1-7-14(5,10-15-13(2,3)4)11-16(6)12-8-9-12/h12,15H,7-11H2,1-6H3. The lowest BCUT2D eigenvalue weighted by Gasteiger charge is -2.36. The predicted molar refractivity (Wildman–Crippen MR) is 71.8 cm³/mol. The van der Waals surface area contributed by atoms with Crippen molar-refractivity contribution in [1.29, 1.82) is 0 Å². The van der Waals surface area contributed by atoms with Gasteiger partial charge in [-0.1, -0.05) is 13.8 Å². The van der Waals surface area contributed by atoms with Gasteiger partial charge in [-0.25, -0.2) is 0 Å². The van der Waals surface area contributed by atoms with Crippen molar-refractivity contribution in [2.24, 2.45) is 5.41 Å². The van der Waals surface area contributed by atoms with Gasteiger partial charge in [0.15, 0.2) is 0 Å². The summed E-state index contributed by atoms with van der Waals surface area (Å²) in [6.07, 6.45) is 4.05. The maximum absolute atomic E-state index is 3.65. The summed E-state index contributed by atoms with van der Waals surface area (Å²) in [5.74, 6) is 0. The first kappa shape index (κ1) is 14.0. The van der Waals surface area contributed by atoms with Gasteiger partial charge in [-0.15, -0.1) is 0 Å². The van der Waals surface area contributed by atoms with E-state index in [2.05, 4.69) is 51.9 Å². The van der Waals surface area contributed by atoms with Gasteiger partial charge in [-0.2, -0.15) is 0 Å². The maximum atomic E-state index is 3.65. The summed E-state index contributed by atoms with van der Waals surface area (Å²) < 4.78 is 0. The zero-order valence-electron chi connectivity index (χ0n) is 12.1. The Morgan fingerprint density at radius 1 is 1.19 bits per heavy atom. The van der Waals surface area contributed by atoms with E-state index in [-0.39, 0.29) is 5.54 Å². The molecule has 16 heavy (non-hydrogen) atoms. The Balaban J connectivity index is 2.41. The Labute approximate surface area is 102 Å². The fourth-order valence-electron chi connectivity index (χ4n) is 2.02. The lowest BCUT2D eigenvalue weighted by molar-refractivity contribution is 0.163. The van der Waals surface area contributed by atoms with E-state index in [9.17, 15) is 0 Å². The van der Waals surface area contributed by atoms with Crippen molar-refractivity contribution in [2.75, 3.05) is 20.1 Å². The summed E-state index contributed by atoms with van der Waals surface area (Å²) in [6.45, 7) is 13.8. The minimum Gasteiger partial charge on any atom is -0.311 e. The summed E-state index contributed by atoms with van der Waals surface area (Å²) >= 11 is 0. The van der Waals surface area contributed by atoms with Crippen LogP contribution in [0, 0.1) is 5.41 Å². The van der Waals surface area contributed by atoms with Crippen molar-refractivity contribution in [3.63, 3.8) is 0 Å². The average Bonchev–Trinajstić information content (AvgIpc) is 2.97. The van der Waals surface area contributed by atoms with Crippen LogP contribution in [0.5, 0.6) is 0 Å². The summed E-state index contributed by atoms with van der Waals surface area (Å²) in [4.78, 5) is 2.55. The molecule has 1 unspecified atom stereocenters. The van der Waals surface area contributed by atoms with Crippen molar-refractivity contribution >= 4 is 0 Å². The number of nitrogens with one attached hydrogen (secondary N) is 1. The normalized spacial score (nSPS) is 21.2. The highest BCUT2D eigenvalue weighted by Crippen LogP contribution is 2.30. The van der Waals surface area contributed by atoms with Crippen molar-refractivity contribution < 1.29 is 0 Å². The second-order valence-electron chi connectivity index (χ2n) is 6.91. The third kappa shape index (κ3) is 4.84. The Kier molecular flexibility index (Phi) is 4.42. The molecule has 0 aromatic rings. The molecule has 1 rings (SSSR count). The highest BCUT2D eigenvalue weighted by molar-refractivity contribution is 4.88. The molecule has 0 aromatic heterocycles. The van der Waals surface area contributed by atoms with E-state index in [4.69, 9.17) is 0 Å². The lowest BCUT2D eigenvalue weighted by Crippen LogP contribution is -2.47. The molecule has 0 bridgehead atoms. The molecule has 0 aromatic carbocycles. The van der Waals surface area contributed by atoms with Gasteiger partial charge in [0.05, 0.1) is 0 Å². The van der Waals surface area contributed by atoms with Crippen LogP contribution in [0.15, 0.2) is 0 Å². The van der Waals surface area contributed by atoms with Gasteiger partial charge in [0, 0.05) is 24.7 Å². The summed E-state index contributed by atoms with van der Waals surface area (Å²) in [7, 11) is 2.28. The largest absolute Gasteiger partial charge is 0.311 e. The number of hydrogen-bond donors (Lipinski definition) is 1. The van der Waals surface area contributed by atoms with Gasteiger partial charge in [0.2, 0.25) is 0 Å². The van der Waals surface area contributed by atoms with Crippen molar-refractivity contribution in [1.82, 2.24) is 10.2 Å². The zero-order chi connectivity index (χ0) is 12.4. The van der Waals surface area contributed by atoms with Gasteiger partial charge >= 0.3 is 0 Å². The highest BCUT2D eigenvalue weighted by atomic mass is 15.2. The molecule has 2 nitrogen and oxygen atoms in total. The first-order valence-electron chi connectivity index (χ1n) is 6.71. The van der Waals surface area contributed by atoms with Crippen LogP contribution in [0.4, 0.5) is 0 Å². The molecule has 2 heteroatoms. The Morgan fingerprint density at radius 3 is 2.12 bits per heavy atom. The van der Waals surface area contributed by atoms with E-state index in [0.29, 0.717) is 5.41 Å². The van der Waals surface area contributed by atoms with E-state index in [1.54, 1.807) is 0 Å². The molecule has 1 saturated carbocycles. The van der Waals surface area contributed by atoms with Gasteiger partial charge in [0.1, 0.15) is 0 Å². The third-order valence-electron chi connectivity index (χ3n) is 3.70. The lowest BCUT2D eigenvalue weighted by atomic mass is 9.86. The van der Waals surface area contributed by atoms with Crippen LogP contribution < -0.4 is 5.32 Å². The van der Waals surface area contributed by atoms with Gasteiger partial charge in [0.25, 0.3) is 0 Å². The SMILES string of the molecule is CCC(C)(CNC(C)(C)C)CN(C)C1CC1. The van der Waals surface area contributed by atoms with Crippen molar-refractivity contribution in [3.8, 4) is 0 Å². The fraction of sp³-hybridized carbons (Fsp3) is 1.00. The predicted octanol–water partition coefficient (Wildman–Crippen LogP) is 2.89. The number of rotatable bonds is 6. The Bertz CT molecular complexity index is 215. The molecule has 1 aliphatic rings. The zero-order valence-corrected chi connectivity index (χ0v) is 12.1. The second kappa shape index (κ2) is 5.05. The molecule has 0 amide bonds. The van der Waals surface area contributed by atoms with E-state index < -0.39 is 0 Å². The molecule has 1 aliphatic carbocycles.